The van der Waals surface area contributed by atoms with Crippen molar-refractivity contribution in [2.24, 2.45) is 5.41 Å². The molecule has 0 saturated carbocycles. The third-order valence-corrected chi connectivity index (χ3v) is 10.3. The van der Waals surface area contributed by atoms with Crippen LogP contribution in [0.5, 0.6) is 5.88 Å². The van der Waals surface area contributed by atoms with Gasteiger partial charge in [0.25, 0.3) is 0 Å². The number of ether oxygens (including phenoxy) is 2. The lowest BCUT2D eigenvalue weighted by Crippen LogP contribution is -2.34. The van der Waals surface area contributed by atoms with Gasteiger partial charge in [-0.25, -0.2) is 13.4 Å². The summed E-state index contributed by atoms with van der Waals surface area (Å²) in [5.41, 5.74) is 1.87. The number of fused-ring (bicyclic) bond motifs is 2. The molecule has 1 N–H and O–H groups in total. The Bertz CT molecular complexity index is 1930. The summed E-state index contributed by atoms with van der Waals surface area (Å²) in [6.07, 6.45) is -1.60. The number of carboxylic acid groups (broad SMARTS) is 1. The van der Waals surface area contributed by atoms with Crippen LogP contribution in [0.1, 0.15) is 65.4 Å². The number of nitrogens with zero attached hydrogens (tertiary/aromatic N) is 5. The van der Waals surface area contributed by atoms with Gasteiger partial charge in [0.05, 0.1) is 12.0 Å². The molecule has 0 radical (unpaired) electrons. The lowest BCUT2D eigenvalue weighted by atomic mass is 9.70. The summed E-state index contributed by atoms with van der Waals surface area (Å²) in [5.74, 6) is -3.19. The molecule has 1 aliphatic rings. The zero-order valence-electron chi connectivity index (χ0n) is 26.6. The Balaban J connectivity index is 1.62. The van der Waals surface area contributed by atoms with Gasteiger partial charge in [0.15, 0.2) is 5.65 Å². The number of rotatable bonds is 6. The van der Waals surface area contributed by atoms with E-state index in [4.69, 9.17) is 9.47 Å². The van der Waals surface area contributed by atoms with Gasteiger partial charge in [-0.15, -0.1) is 10.2 Å². The number of halogens is 3. The molecule has 5 rings (SSSR count). The van der Waals surface area contributed by atoms with Crippen molar-refractivity contribution in [3.05, 3.63) is 81.9 Å². The number of hydrogen-bond acceptors (Lipinski definition) is 8. The SMILES string of the molecule is Cc1cnc2c(c1)S(=O)(=O)N(Cc1cc([C@H](c3ccn4c(C(F)(F)F)nnc4c3C)C(C)(C)C(=O)O)ccc1C)CCCOCCO2. The van der Waals surface area contributed by atoms with Crippen LogP contribution >= 0.6 is 0 Å². The molecule has 0 aliphatic carbocycles. The first-order chi connectivity index (χ1) is 22.0. The number of aromatic nitrogens is 4. The highest BCUT2D eigenvalue weighted by atomic mass is 32.2. The number of carboxylic acids is 1. The standard InChI is InChI=1S/C32H36F3N5O6S/c1-19-15-25-28(36-17-19)46-14-13-45-12-6-10-39(47(25,43)44)18-23-16-22(8-7-20(23)2)26(31(4,5)30(41)42)24-9-11-40-27(21(24)3)37-38-29(40)32(33,34)35/h7-9,11,15-17,26H,6,10,12-14,18H2,1-5H3,(H,41,42)/t26-/m1/s1. The Hall–Kier alpha value is -4.08. The molecule has 0 fully saturated rings. The molecule has 0 bridgehead atoms. The van der Waals surface area contributed by atoms with Crippen molar-refractivity contribution in [1.29, 1.82) is 0 Å². The molecule has 0 saturated heterocycles. The van der Waals surface area contributed by atoms with E-state index in [0.29, 0.717) is 40.8 Å². The Morgan fingerprint density at radius 1 is 1.06 bits per heavy atom. The predicted octanol–water partition coefficient (Wildman–Crippen LogP) is 5.30. The third kappa shape index (κ3) is 6.69. The fourth-order valence-electron chi connectivity index (χ4n) is 5.83. The minimum atomic E-state index is -4.74. The lowest BCUT2D eigenvalue weighted by molar-refractivity contribution is -0.147. The third-order valence-electron chi connectivity index (χ3n) is 8.49. The minimum Gasteiger partial charge on any atom is -0.481 e. The topological polar surface area (TPSA) is 136 Å². The van der Waals surface area contributed by atoms with Crippen LogP contribution in [0.4, 0.5) is 13.2 Å². The molecular formula is C32H36F3N5O6S. The molecule has 0 unspecified atom stereocenters. The molecule has 0 spiro atoms. The average Bonchev–Trinajstić information content (AvgIpc) is 3.44. The molecule has 1 aromatic carbocycles. The molecule has 47 heavy (non-hydrogen) atoms. The second-order valence-electron chi connectivity index (χ2n) is 12.2. The van der Waals surface area contributed by atoms with Crippen LogP contribution in [0.25, 0.3) is 5.65 Å². The van der Waals surface area contributed by atoms with Gasteiger partial charge in [-0.3, -0.25) is 9.20 Å². The van der Waals surface area contributed by atoms with Crippen molar-refractivity contribution in [3.63, 3.8) is 0 Å². The molecular weight excluding hydrogens is 639 g/mol. The molecule has 11 nitrogen and oxygen atoms in total. The van der Waals surface area contributed by atoms with Gasteiger partial charge in [-0.1, -0.05) is 18.2 Å². The molecule has 1 aliphatic heterocycles. The van der Waals surface area contributed by atoms with Crippen molar-refractivity contribution in [2.75, 3.05) is 26.4 Å². The van der Waals surface area contributed by atoms with Crippen molar-refractivity contribution in [3.8, 4) is 5.88 Å². The summed E-state index contributed by atoms with van der Waals surface area (Å²) >= 11 is 0. The van der Waals surface area contributed by atoms with Gasteiger partial charge in [0.1, 0.15) is 11.5 Å². The molecule has 1 atom stereocenters. The van der Waals surface area contributed by atoms with Crippen LogP contribution in [0.3, 0.4) is 0 Å². The highest BCUT2D eigenvalue weighted by Crippen LogP contribution is 2.44. The van der Waals surface area contributed by atoms with Crippen LogP contribution in [0, 0.1) is 26.2 Å². The lowest BCUT2D eigenvalue weighted by Gasteiger charge is -2.33. The zero-order chi connectivity index (χ0) is 34.3. The number of benzene rings is 1. The molecule has 252 valence electrons. The van der Waals surface area contributed by atoms with E-state index < -0.39 is 39.3 Å². The van der Waals surface area contributed by atoms with E-state index in [-0.39, 0.29) is 42.7 Å². The van der Waals surface area contributed by atoms with Crippen LogP contribution in [0.15, 0.2) is 47.6 Å². The van der Waals surface area contributed by atoms with Crippen LogP contribution in [-0.4, -0.2) is 69.7 Å². The molecule has 4 aromatic rings. The van der Waals surface area contributed by atoms with Crippen LogP contribution < -0.4 is 4.74 Å². The van der Waals surface area contributed by atoms with Gasteiger partial charge in [-0.05, 0) is 86.6 Å². The average molecular weight is 676 g/mol. The summed E-state index contributed by atoms with van der Waals surface area (Å²) in [6, 6.07) is 8.29. The second-order valence-corrected chi connectivity index (χ2v) is 14.1. The first-order valence-corrected chi connectivity index (χ1v) is 16.4. The van der Waals surface area contributed by atoms with Gasteiger partial charge in [-0.2, -0.15) is 17.5 Å². The number of alkyl halides is 3. The van der Waals surface area contributed by atoms with Gasteiger partial charge in [0, 0.05) is 38.0 Å². The molecule has 4 heterocycles. The highest BCUT2D eigenvalue weighted by molar-refractivity contribution is 7.89. The smallest absolute Gasteiger partial charge is 0.452 e. The van der Waals surface area contributed by atoms with E-state index in [0.717, 1.165) is 9.96 Å². The highest BCUT2D eigenvalue weighted by Gasteiger charge is 2.42. The van der Waals surface area contributed by atoms with E-state index >= 15 is 0 Å². The number of aryl methyl sites for hydroxylation is 3. The van der Waals surface area contributed by atoms with E-state index in [1.807, 2.05) is 6.92 Å². The summed E-state index contributed by atoms with van der Waals surface area (Å²) in [6.45, 7) is 9.03. The fourth-order valence-corrected chi connectivity index (χ4v) is 7.46. The Labute approximate surface area is 270 Å². The summed E-state index contributed by atoms with van der Waals surface area (Å²) in [4.78, 5) is 16.8. The van der Waals surface area contributed by atoms with Crippen LogP contribution in [0.2, 0.25) is 0 Å². The molecule has 3 aromatic heterocycles. The summed E-state index contributed by atoms with van der Waals surface area (Å²) in [5, 5.41) is 17.5. The molecule has 0 amide bonds. The van der Waals surface area contributed by atoms with Gasteiger partial charge >= 0.3 is 12.1 Å². The zero-order valence-corrected chi connectivity index (χ0v) is 27.4. The van der Waals surface area contributed by atoms with Crippen molar-refractivity contribution < 1.29 is 41.0 Å². The van der Waals surface area contributed by atoms with E-state index in [9.17, 15) is 31.5 Å². The van der Waals surface area contributed by atoms with Gasteiger partial charge in [0.2, 0.25) is 21.7 Å². The normalized spacial score (nSPS) is 17.0. The largest absolute Gasteiger partial charge is 0.481 e. The van der Waals surface area contributed by atoms with Gasteiger partial charge < -0.3 is 14.6 Å². The maximum Gasteiger partial charge on any atom is 0.452 e. The number of aliphatic carboxylic acids is 1. The maximum absolute atomic E-state index is 14.1. The van der Waals surface area contributed by atoms with E-state index in [1.54, 1.807) is 45.9 Å². The number of pyridine rings is 2. The Morgan fingerprint density at radius 3 is 2.51 bits per heavy atom. The number of carbonyl (C=O) groups is 1. The summed E-state index contributed by atoms with van der Waals surface area (Å²) < 4.78 is 82.5. The Kier molecular flexibility index (Phi) is 9.36. The monoisotopic (exact) mass is 675 g/mol. The van der Waals surface area contributed by atoms with Crippen molar-refractivity contribution >= 4 is 21.6 Å². The maximum atomic E-state index is 14.1. The van der Waals surface area contributed by atoms with Crippen molar-refractivity contribution in [2.45, 2.75) is 64.6 Å². The summed E-state index contributed by atoms with van der Waals surface area (Å²) in [7, 11) is -4.12. The van der Waals surface area contributed by atoms with E-state index in [2.05, 4.69) is 15.2 Å². The first-order valence-electron chi connectivity index (χ1n) is 14.9. The minimum absolute atomic E-state index is 0.0205. The molecule has 15 heteroatoms. The van der Waals surface area contributed by atoms with Crippen molar-refractivity contribution in [1.82, 2.24) is 23.9 Å². The van der Waals surface area contributed by atoms with Crippen LogP contribution in [-0.2, 0) is 32.3 Å². The predicted molar refractivity (Wildman–Crippen MR) is 165 cm³/mol. The number of sulfonamides is 1. The Morgan fingerprint density at radius 2 is 1.81 bits per heavy atom. The number of hydrogen-bond donors (Lipinski definition) is 1. The second kappa shape index (κ2) is 12.8. The van der Waals surface area contributed by atoms with E-state index in [1.165, 1.54) is 28.8 Å². The first kappa shape index (κ1) is 34.3. The quantitative estimate of drug-likeness (QED) is 0.289. The fraction of sp³-hybridized carbons (Fsp3) is 0.438.